The van der Waals surface area contributed by atoms with Crippen molar-refractivity contribution in [1.29, 1.82) is 0 Å². The molecule has 0 aliphatic carbocycles. The molecule has 3 heteroatoms. The van der Waals surface area contributed by atoms with Gasteiger partial charge < -0.3 is 5.32 Å². The van der Waals surface area contributed by atoms with Gasteiger partial charge in [-0.1, -0.05) is 32.9 Å². The summed E-state index contributed by atoms with van der Waals surface area (Å²) in [6.45, 7) is 15.3. The summed E-state index contributed by atoms with van der Waals surface area (Å²) in [5.74, 6) is 0.672. The Morgan fingerprint density at radius 2 is 2.10 bits per heavy atom. The second-order valence-corrected chi connectivity index (χ2v) is 5.67. The van der Waals surface area contributed by atoms with Crippen molar-refractivity contribution in [2.75, 3.05) is 19.6 Å². The van der Waals surface area contributed by atoms with Gasteiger partial charge in [-0.25, -0.2) is 0 Å². The minimum Gasteiger partial charge on any atom is -0.311 e. The first kappa shape index (κ1) is 16.9. The summed E-state index contributed by atoms with van der Waals surface area (Å²) in [5.41, 5.74) is 2.27. The van der Waals surface area contributed by atoms with Gasteiger partial charge in [-0.2, -0.15) is 0 Å². The summed E-state index contributed by atoms with van der Waals surface area (Å²) in [6.07, 6.45) is 3.12. The molecule has 20 heavy (non-hydrogen) atoms. The maximum Gasteiger partial charge on any atom is 0.0547 e. The predicted molar refractivity (Wildman–Crippen MR) is 86.5 cm³/mol. The molecular weight excluding hydrogens is 246 g/mol. The van der Waals surface area contributed by atoms with Crippen LogP contribution in [0, 0.1) is 5.92 Å². The molecule has 0 amide bonds. The first-order valence-corrected chi connectivity index (χ1v) is 7.64. The third kappa shape index (κ3) is 6.83. The van der Waals surface area contributed by atoms with E-state index in [1.807, 2.05) is 6.08 Å². The van der Waals surface area contributed by atoms with Crippen molar-refractivity contribution in [3.63, 3.8) is 0 Å². The highest BCUT2D eigenvalue weighted by molar-refractivity contribution is 5.11. The summed E-state index contributed by atoms with van der Waals surface area (Å²) >= 11 is 0. The first-order chi connectivity index (χ1) is 9.65. The molecule has 0 saturated heterocycles. The van der Waals surface area contributed by atoms with Crippen LogP contribution in [0.25, 0.3) is 0 Å². The molecule has 1 aromatic heterocycles. The molecule has 0 fully saturated rings. The monoisotopic (exact) mass is 275 g/mol. The average Bonchev–Trinajstić information content (AvgIpc) is 2.39. The molecule has 1 aromatic rings. The number of hydrogen-bond donors (Lipinski definition) is 1. The molecule has 1 rings (SSSR count). The van der Waals surface area contributed by atoms with Gasteiger partial charge in [0.15, 0.2) is 0 Å². The van der Waals surface area contributed by atoms with Crippen molar-refractivity contribution >= 4 is 0 Å². The van der Waals surface area contributed by atoms with Gasteiger partial charge in [-0.15, -0.1) is 6.58 Å². The Morgan fingerprint density at radius 1 is 1.35 bits per heavy atom. The minimum atomic E-state index is 0.672. The van der Waals surface area contributed by atoms with E-state index < -0.39 is 0 Å². The van der Waals surface area contributed by atoms with Crippen molar-refractivity contribution < 1.29 is 0 Å². The Labute approximate surface area is 124 Å². The summed E-state index contributed by atoms with van der Waals surface area (Å²) in [7, 11) is 0. The van der Waals surface area contributed by atoms with Crippen molar-refractivity contribution in [2.24, 2.45) is 5.92 Å². The van der Waals surface area contributed by atoms with Crippen LogP contribution in [-0.4, -0.2) is 29.5 Å². The lowest BCUT2D eigenvalue weighted by molar-refractivity contribution is 0.291. The van der Waals surface area contributed by atoms with E-state index in [2.05, 4.69) is 55.8 Å². The number of rotatable bonds is 10. The molecule has 112 valence electrons. The largest absolute Gasteiger partial charge is 0.311 e. The lowest BCUT2D eigenvalue weighted by Gasteiger charge is -2.19. The summed E-state index contributed by atoms with van der Waals surface area (Å²) in [6, 6.07) is 6.30. The maximum atomic E-state index is 4.74. The minimum absolute atomic E-state index is 0.672. The standard InChI is InChI=1S/C17H29N3/c1-5-10-20(11-6-2)14-17-9-7-8-16(19-17)13-18-12-15(3)4/h5,7-9,15,18H,1,6,10-14H2,2-4H3. The quantitative estimate of drug-likeness (QED) is 0.665. The topological polar surface area (TPSA) is 28.2 Å². The van der Waals surface area contributed by atoms with Gasteiger partial charge in [-0.3, -0.25) is 9.88 Å². The number of hydrogen-bond acceptors (Lipinski definition) is 3. The molecule has 0 aliphatic rings. The molecule has 0 aromatic carbocycles. The fraction of sp³-hybridized carbons (Fsp3) is 0.588. The third-order valence-corrected chi connectivity index (χ3v) is 3.04. The van der Waals surface area contributed by atoms with Crippen LogP contribution in [0.3, 0.4) is 0 Å². The van der Waals surface area contributed by atoms with E-state index in [1.165, 1.54) is 0 Å². The second-order valence-electron chi connectivity index (χ2n) is 5.67. The second kappa shape index (κ2) is 9.67. The molecule has 0 bridgehead atoms. The van der Waals surface area contributed by atoms with Crippen LogP contribution in [0.15, 0.2) is 30.9 Å². The van der Waals surface area contributed by atoms with Gasteiger partial charge in [0, 0.05) is 19.6 Å². The maximum absolute atomic E-state index is 4.74. The fourth-order valence-corrected chi connectivity index (χ4v) is 2.17. The molecule has 0 atom stereocenters. The Morgan fingerprint density at radius 3 is 2.75 bits per heavy atom. The predicted octanol–water partition coefficient (Wildman–Crippen LogP) is 3.23. The van der Waals surface area contributed by atoms with E-state index in [0.29, 0.717) is 5.92 Å². The number of pyridine rings is 1. The van der Waals surface area contributed by atoms with Gasteiger partial charge in [0.05, 0.1) is 11.4 Å². The molecule has 1 heterocycles. The highest BCUT2D eigenvalue weighted by Gasteiger charge is 2.05. The smallest absolute Gasteiger partial charge is 0.0547 e. The average molecular weight is 275 g/mol. The first-order valence-electron chi connectivity index (χ1n) is 7.64. The van der Waals surface area contributed by atoms with E-state index >= 15 is 0 Å². The highest BCUT2D eigenvalue weighted by atomic mass is 15.1. The molecule has 0 spiro atoms. The molecule has 1 N–H and O–H groups in total. The van der Waals surface area contributed by atoms with Gasteiger partial charge in [0.25, 0.3) is 0 Å². The summed E-state index contributed by atoms with van der Waals surface area (Å²) in [5, 5.41) is 3.44. The van der Waals surface area contributed by atoms with Gasteiger partial charge in [0.1, 0.15) is 0 Å². The Kier molecular flexibility index (Phi) is 8.16. The third-order valence-electron chi connectivity index (χ3n) is 3.04. The van der Waals surface area contributed by atoms with Crippen LogP contribution in [-0.2, 0) is 13.1 Å². The Hall–Kier alpha value is -1.19. The molecule has 0 aliphatic heterocycles. The van der Waals surface area contributed by atoms with Crippen molar-refractivity contribution in [3.8, 4) is 0 Å². The van der Waals surface area contributed by atoms with Crippen LogP contribution < -0.4 is 5.32 Å². The van der Waals surface area contributed by atoms with Gasteiger partial charge >= 0.3 is 0 Å². The highest BCUT2D eigenvalue weighted by Crippen LogP contribution is 2.05. The van der Waals surface area contributed by atoms with E-state index in [-0.39, 0.29) is 0 Å². The van der Waals surface area contributed by atoms with E-state index in [1.54, 1.807) is 0 Å². The molecule has 0 unspecified atom stereocenters. The lowest BCUT2D eigenvalue weighted by atomic mass is 10.2. The Bertz CT molecular complexity index is 388. The normalized spacial score (nSPS) is 11.2. The number of aromatic nitrogens is 1. The number of nitrogens with zero attached hydrogens (tertiary/aromatic N) is 2. The van der Waals surface area contributed by atoms with E-state index in [4.69, 9.17) is 4.98 Å². The lowest BCUT2D eigenvalue weighted by Crippen LogP contribution is -2.25. The molecular formula is C17H29N3. The van der Waals surface area contributed by atoms with Crippen molar-refractivity contribution in [1.82, 2.24) is 15.2 Å². The SMILES string of the molecule is C=CCN(CCC)Cc1cccc(CNCC(C)C)n1. The van der Waals surface area contributed by atoms with Crippen LogP contribution in [0.5, 0.6) is 0 Å². The van der Waals surface area contributed by atoms with Crippen LogP contribution in [0.1, 0.15) is 38.6 Å². The number of nitrogens with one attached hydrogen (secondary N) is 1. The molecule has 0 saturated carbocycles. The van der Waals surface area contributed by atoms with E-state index in [9.17, 15) is 0 Å². The van der Waals surface area contributed by atoms with Crippen molar-refractivity contribution in [2.45, 2.75) is 40.3 Å². The van der Waals surface area contributed by atoms with Crippen molar-refractivity contribution in [3.05, 3.63) is 42.2 Å². The van der Waals surface area contributed by atoms with Gasteiger partial charge in [0.2, 0.25) is 0 Å². The van der Waals surface area contributed by atoms with Crippen LogP contribution in [0.2, 0.25) is 0 Å². The van der Waals surface area contributed by atoms with E-state index in [0.717, 1.165) is 50.5 Å². The zero-order chi connectivity index (χ0) is 14.8. The molecule has 3 nitrogen and oxygen atoms in total. The zero-order valence-corrected chi connectivity index (χ0v) is 13.2. The fourth-order valence-electron chi connectivity index (χ4n) is 2.17. The Balaban J connectivity index is 2.55. The molecule has 0 radical (unpaired) electrons. The van der Waals surface area contributed by atoms with Gasteiger partial charge in [-0.05, 0) is 37.6 Å². The van der Waals surface area contributed by atoms with Crippen LogP contribution in [0.4, 0.5) is 0 Å². The zero-order valence-electron chi connectivity index (χ0n) is 13.2. The summed E-state index contributed by atoms with van der Waals surface area (Å²) < 4.78 is 0. The van der Waals surface area contributed by atoms with Crippen LogP contribution >= 0.6 is 0 Å². The summed E-state index contributed by atoms with van der Waals surface area (Å²) in [4.78, 5) is 7.11.